The molecule has 0 atom stereocenters. The van der Waals surface area contributed by atoms with Crippen LogP contribution in [0.15, 0.2) is 5.38 Å². The molecule has 4 aliphatic carbocycles. The molecule has 0 saturated heterocycles. The number of aromatic nitrogens is 1. The third-order valence-corrected chi connectivity index (χ3v) is 6.20. The van der Waals surface area contributed by atoms with Crippen LogP contribution in [0.3, 0.4) is 0 Å². The van der Waals surface area contributed by atoms with Gasteiger partial charge in [-0.1, -0.05) is 0 Å². The second kappa shape index (κ2) is 3.80. The van der Waals surface area contributed by atoms with Crippen molar-refractivity contribution in [3.05, 3.63) is 16.1 Å². The van der Waals surface area contributed by atoms with E-state index in [9.17, 15) is 4.79 Å². The molecule has 1 heterocycles. The standard InChI is InChI=1S/C14H17NO2S/c16-14(17)11-6-18-13(15-11)12-9-2-7-1-8(4-9)5-10(12)3-7/h6-10,12H,1-5H2,(H,16,17). The molecule has 1 aromatic rings. The van der Waals surface area contributed by atoms with Crippen LogP contribution in [0.5, 0.6) is 0 Å². The molecule has 4 saturated carbocycles. The van der Waals surface area contributed by atoms with E-state index in [1.807, 2.05) is 0 Å². The van der Waals surface area contributed by atoms with Gasteiger partial charge in [0.05, 0.1) is 5.01 Å². The first-order valence-corrected chi connectivity index (χ1v) is 7.77. The van der Waals surface area contributed by atoms with Crippen molar-refractivity contribution in [1.29, 1.82) is 0 Å². The molecule has 4 fully saturated rings. The van der Waals surface area contributed by atoms with Gasteiger partial charge in [0.2, 0.25) is 0 Å². The summed E-state index contributed by atoms with van der Waals surface area (Å²) in [5.41, 5.74) is 0.240. The lowest BCUT2D eigenvalue weighted by Gasteiger charge is -2.53. The summed E-state index contributed by atoms with van der Waals surface area (Å²) < 4.78 is 0. The first-order chi connectivity index (χ1) is 8.70. The monoisotopic (exact) mass is 263 g/mol. The maximum Gasteiger partial charge on any atom is 0.355 e. The van der Waals surface area contributed by atoms with Gasteiger partial charge in [0.1, 0.15) is 0 Å². The van der Waals surface area contributed by atoms with E-state index in [4.69, 9.17) is 5.11 Å². The van der Waals surface area contributed by atoms with Crippen molar-refractivity contribution in [3.63, 3.8) is 0 Å². The molecule has 0 radical (unpaired) electrons. The van der Waals surface area contributed by atoms with Crippen LogP contribution in [0.25, 0.3) is 0 Å². The maximum absolute atomic E-state index is 10.9. The zero-order chi connectivity index (χ0) is 12.3. The van der Waals surface area contributed by atoms with Crippen molar-refractivity contribution >= 4 is 17.3 Å². The number of hydrogen-bond donors (Lipinski definition) is 1. The van der Waals surface area contributed by atoms with Gasteiger partial charge in [-0.25, -0.2) is 9.78 Å². The van der Waals surface area contributed by atoms with Crippen LogP contribution in [-0.4, -0.2) is 16.1 Å². The molecule has 4 aliphatic rings. The predicted molar refractivity (Wildman–Crippen MR) is 68.9 cm³/mol. The Bertz CT molecular complexity index is 468. The number of carboxylic acids is 1. The molecule has 18 heavy (non-hydrogen) atoms. The molecule has 0 aliphatic heterocycles. The number of carbonyl (C=O) groups is 1. The van der Waals surface area contributed by atoms with E-state index in [-0.39, 0.29) is 5.69 Å². The van der Waals surface area contributed by atoms with Crippen molar-refractivity contribution in [1.82, 2.24) is 4.98 Å². The van der Waals surface area contributed by atoms with E-state index in [1.165, 1.54) is 32.1 Å². The molecule has 0 spiro atoms. The minimum Gasteiger partial charge on any atom is -0.476 e. The van der Waals surface area contributed by atoms with Gasteiger partial charge in [-0.2, -0.15) is 0 Å². The summed E-state index contributed by atoms with van der Waals surface area (Å²) in [5, 5.41) is 11.8. The lowest BCUT2D eigenvalue weighted by Crippen LogP contribution is -2.43. The van der Waals surface area contributed by atoms with E-state index in [0.29, 0.717) is 5.92 Å². The molecule has 5 rings (SSSR count). The topological polar surface area (TPSA) is 50.2 Å². The minimum absolute atomic E-state index is 0.240. The van der Waals surface area contributed by atoms with E-state index in [2.05, 4.69) is 4.98 Å². The molecule has 4 heteroatoms. The van der Waals surface area contributed by atoms with Gasteiger partial charge < -0.3 is 5.11 Å². The minimum atomic E-state index is -0.888. The number of thiazole rings is 1. The van der Waals surface area contributed by atoms with E-state index in [0.717, 1.165) is 28.7 Å². The molecule has 0 unspecified atom stereocenters. The van der Waals surface area contributed by atoms with Crippen LogP contribution in [0.2, 0.25) is 0 Å². The normalized spacial score (nSPS) is 41.2. The van der Waals surface area contributed by atoms with Gasteiger partial charge in [0.25, 0.3) is 0 Å². The largest absolute Gasteiger partial charge is 0.476 e. The lowest BCUT2D eigenvalue weighted by atomic mass is 9.52. The Balaban J connectivity index is 1.66. The molecule has 1 N–H and O–H groups in total. The Morgan fingerprint density at radius 2 is 1.78 bits per heavy atom. The smallest absolute Gasteiger partial charge is 0.355 e. The predicted octanol–water partition coefficient (Wildman–Crippen LogP) is 3.38. The van der Waals surface area contributed by atoms with Gasteiger partial charge in [-0.3, -0.25) is 0 Å². The van der Waals surface area contributed by atoms with Gasteiger partial charge in [0, 0.05) is 11.3 Å². The summed E-state index contributed by atoms with van der Waals surface area (Å²) in [7, 11) is 0. The fraction of sp³-hybridized carbons (Fsp3) is 0.714. The van der Waals surface area contributed by atoms with Crippen LogP contribution in [0.1, 0.15) is 53.5 Å². The third-order valence-electron chi connectivity index (χ3n) is 5.25. The third kappa shape index (κ3) is 1.54. The average molecular weight is 263 g/mol. The summed E-state index contributed by atoms with van der Waals surface area (Å²) >= 11 is 1.57. The van der Waals surface area contributed by atoms with E-state index < -0.39 is 5.97 Å². The molecule has 0 aromatic carbocycles. The highest BCUT2D eigenvalue weighted by Crippen LogP contribution is 2.59. The van der Waals surface area contributed by atoms with E-state index in [1.54, 1.807) is 16.7 Å². The second-order valence-corrected chi connectivity index (χ2v) is 7.22. The first kappa shape index (κ1) is 11.0. The zero-order valence-corrected chi connectivity index (χ0v) is 11.0. The Kier molecular flexibility index (Phi) is 2.31. The number of nitrogens with zero attached hydrogens (tertiary/aromatic N) is 1. The van der Waals surface area contributed by atoms with Crippen LogP contribution in [-0.2, 0) is 0 Å². The second-order valence-electron chi connectivity index (χ2n) is 6.33. The Morgan fingerprint density at radius 3 is 2.28 bits per heavy atom. The summed E-state index contributed by atoms with van der Waals surface area (Å²) in [4.78, 5) is 15.3. The van der Waals surface area contributed by atoms with Crippen LogP contribution in [0, 0.1) is 23.7 Å². The summed E-state index contributed by atoms with van der Waals surface area (Å²) in [6.07, 6.45) is 6.90. The van der Waals surface area contributed by atoms with Crippen molar-refractivity contribution in [3.8, 4) is 0 Å². The molecule has 4 bridgehead atoms. The highest BCUT2D eigenvalue weighted by molar-refractivity contribution is 7.09. The lowest BCUT2D eigenvalue weighted by molar-refractivity contribution is -0.00291. The number of carboxylic acid groups (broad SMARTS) is 1. The quantitative estimate of drug-likeness (QED) is 0.890. The molecular formula is C14H17NO2S. The summed E-state index contributed by atoms with van der Waals surface area (Å²) in [5.74, 6) is 3.17. The summed E-state index contributed by atoms with van der Waals surface area (Å²) in [6.45, 7) is 0. The molecule has 1 aromatic heterocycles. The van der Waals surface area contributed by atoms with Gasteiger partial charge in [0.15, 0.2) is 5.69 Å². The van der Waals surface area contributed by atoms with Gasteiger partial charge >= 0.3 is 5.97 Å². The summed E-state index contributed by atoms with van der Waals surface area (Å²) in [6, 6.07) is 0. The van der Waals surface area contributed by atoms with Crippen molar-refractivity contribution < 1.29 is 9.90 Å². The average Bonchev–Trinajstić information content (AvgIpc) is 2.77. The van der Waals surface area contributed by atoms with Crippen molar-refractivity contribution in [2.75, 3.05) is 0 Å². The van der Waals surface area contributed by atoms with Crippen LogP contribution >= 0.6 is 11.3 Å². The van der Waals surface area contributed by atoms with Crippen molar-refractivity contribution in [2.45, 2.75) is 38.0 Å². The highest BCUT2D eigenvalue weighted by atomic mass is 32.1. The van der Waals surface area contributed by atoms with Crippen LogP contribution < -0.4 is 0 Å². The maximum atomic E-state index is 10.9. The van der Waals surface area contributed by atoms with E-state index >= 15 is 0 Å². The SMILES string of the molecule is O=C(O)c1csc(C2C3CC4CC(C3)CC2C4)n1. The first-order valence-electron chi connectivity index (χ1n) is 6.89. The highest BCUT2D eigenvalue weighted by Gasteiger charge is 2.49. The van der Waals surface area contributed by atoms with Crippen molar-refractivity contribution in [2.24, 2.45) is 23.7 Å². The van der Waals surface area contributed by atoms with Gasteiger partial charge in [-0.15, -0.1) is 11.3 Å². The molecule has 3 nitrogen and oxygen atoms in total. The molecule has 96 valence electrons. The number of rotatable bonds is 2. The Labute approximate surface area is 110 Å². The number of hydrogen-bond acceptors (Lipinski definition) is 3. The fourth-order valence-corrected chi connectivity index (χ4v) is 5.95. The van der Waals surface area contributed by atoms with Gasteiger partial charge in [-0.05, 0) is 55.8 Å². The molecule has 0 amide bonds. The number of aromatic carboxylic acids is 1. The fourth-order valence-electron chi connectivity index (χ4n) is 4.87. The van der Waals surface area contributed by atoms with Crippen LogP contribution in [0.4, 0.5) is 0 Å². The molecular weight excluding hydrogens is 246 g/mol. The Morgan fingerprint density at radius 1 is 1.17 bits per heavy atom. The Hall–Kier alpha value is -0.900. The zero-order valence-electron chi connectivity index (χ0n) is 10.2.